The quantitative estimate of drug-likeness (QED) is 0.719. The number of hydrogen-bond acceptors (Lipinski definition) is 4. The Morgan fingerprint density at radius 2 is 1.67 bits per heavy atom. The monoisotopic (exact) mass is 348 g/mol. The second-order valence-electron chi connectivity index (χ2n) is 6.07. The first-order valence-corrected chi connectivity index (χ1v) is 9.42. The largest absolute Gasteiger partial charge is 0.493 e. The smallest absolute Gasteiger partial charge is 0.240 e. The van der Waals surface area contributed by atoms with E-state index in [4.69, 9.17) is 10.5 Å². The van der Waals surface area contributed by atoms with Crippen molar-refractivity contribution in [3.63, 3.8) is 0 Å². The molecule has 2 aromatic rings. The van der Waals surface area contributed by atoms with Gasteiger partial charge in [0.1, 0.15) is 5.75 Å². The third-order valence-corrected chi connectivity index (χ3v) is 4.88. The molecule has 0 aliphatic heterocycles. The zero-order chi connectivity index (χ0) is 17.6. The third kappa shape index (κ3) is 5.54. The summed E-state index contributed by atoms with van der Waals surface area (Å²) < 4.78 is 32.7. The van der Waals surface area contributed by atoms with E-state index in [9.17, 15) is 8.42 Å². The molecule has 0 radical (unpaired) electrons. The number of nitrogens with two attached hydrogens (primary N) is 1. The summed E-state index contributed by atoms with van der Waals surface area (Å²) in [6.45, 7) is 5.05. The second-order valence-corrected chi connectivity index (χ2v) is 7.83. The molecule has 2 rings (SSSR count). The predicted molar refractivity (Wildman–Crippen MR) is 96.5 cm³/mol. The van der Waals surface area contributed by atoms with E-state index in [1.165, 1.54) is 0 Å². The fourth-order valence-corrected chi connectivity index (χ4v) is 3.11. The zero-order valence-electron chi connectivity index (χ0n) is 14.0. The van der Waals surface area contributed by atoms with Crippen LogP contribution in [0, 0.1) is 5.92 Å². The summed E-state index contributed by atoms with van der Waals surface area (Å²) in [6.07, 6.45) is 0.606. The molecule has 2 aromatic carbocycles. The number of benzene rings is 2. The van der Waals surface area contributed by atoms with Crippen LogP contribution in [0.3, 0.4) is 0 Å². The van der Waals surface area contributed by atoms with Crippen molar-refractivity contribution < 1.29 is 13.2 Å². The van der Waals surface area contributed by atoms with Crippen molar-refractivity contribution in [2.24, 2.45) is 5.92 Å². The lowest BCUT2D eigenvalue weighted by atomic mass is 10.1. The number of ether oxygens (including phenoxy) is 1. The number of nitrogen functional groups attached to an aromatic ring is 1. The highest BCUT2D eigenvalue weighted by molar-refractivity contribution is 7.89. The average molecular weight is 348 g/mol. The van der Waals surface area contributed by atoms with Crippen LogP contribution in [0.2, 0.25) is 0 Å². The van der Waals surface area contributed by atoms with E-state index in [0.717, 1.165) is 5.56 Å². The van der Waals surface area contributed by atoms with Crippen molar-refractivity contribution in [3.05, 3.63) is 54.1 Å². The van der Waals surface area contributed by atoms with Gasteiger partial charge in [-0.25, -0.2) is 13.1 Å². The Hall–Kier alpha value is -2.05. The van der Waals surface area contributed by atoms with E-state index in [2.05, 4.69) is 18.6 Å². The molecule has 130 valence electrons. The van der Waals surface area contributed by atoms with Gasteiger partial charge in [0.25, 0.3) is 0 Å². The molecule has 0 amide bonds. The summed E-state index contributed by atoms with van der Waals surface area (Å²) in [6, 6.07) is 13.9. The summed E-state index contributed by atoms with van der Waals surface area (Å²) in [4.78, 5) is 0.233. The highest BCUT2D eigenvalue weighted by Crippen LogP contribution is 2.16. The first-order valence-electron chi connectivity index (χ1n) is 7.94. The Balaban J connectivity index is 1.90. The Morgan fingerprint density at radius 1 is 1.04 bits per heavy atom. The van der Waals surface area contributed by atoms with E-state index < -0.39 is 10.0 Å². The third-order valence-electron chi connectivity index (χ3n) is 3.40. The van der Waals surface area contributed by atoms with Crippen LogP contribution in [0.5, 0.6) is 5.75 Å². The van der Waals surface area contributed by atoms with Crippen LogP contribution >= 0.6 is 0 Å². The van der Waals surface area contributed by atoms with Gasteiger partial charge in [-0.15, -0.1) is 0 Å². The molecule has 24 heavy (non-hydrogen) atoms. The summed E-state index contributed by atoms with van der Waals surface area (Å²) in [5, 5.41) is 0. The highest BCUT2D eigenvalue weighted by atomic mass is 32.2. The van der Waals surface area contributed by atoms with Gasteiger partial charge in [-0.3, -0.25) is 0 Å². The van der Waals surface area contributed by atoms with Crippen LogP contribution in [0.1, 0.15) is 19.4 Å². The van der Waals surface area contributed by atoms with Gasteiger partial charge in [0.2, 0.25) is 10.0 Å². The van der Waals surface area contributed by atoms with Crippen molar-refractivity contribution >= 4 is 15.7 Å². The molecule has 5 nitrogen and oxygen atoms in total. The molecule has 0 bridgehead atoms. The number of anilines is 1. The molecule has 0 atom stereocenters. The maximum atomic E-state index is 12.3. The van der Waals surface area contributed by atoms with Crippen molar-refractivity contribution in [1.29, 1.82) is 0 Å². The standard InChI is InChI=1S/C18H24N2O3S/c1-14(2)13-23-17-7-9-18(10-8-17)24(21,22)20-12-11-15-3-5-16(19)6-4-15/h3-10,14,20H,11-13,19H2,1-2H3. The lowest BCUT2D eigenvalue weighted by molar-refractivity contribution is 0.271. The van der Waals surface area contributed by atoms with Crippen molar-refractivity contribution in [3.8, 4) is 5.75 Å². The summed E-state index contributed by atoms with van der Waals surface area (Å²) >= 11 is 0. The zero-order valence-corrected chi connectivity index (χ0v) is 14.8. The molecule has 0 aromatic heterocycles. The topological polar surface area (TPSA) is 81.4 Å². The normalized spacial score (nSPS) is 11.6. The first kappa shape index (κ1) is 18.3. The number of hydrogen-bond donors (Lipinski definition) is 2. The average Bonchev–Trinajstić information content (AvgIpc) is 2.55. The second kappa shape index (κ2) is 8.17. The minimum atomic E-state index is -3.52. The maximum absolute atomic E-state index is 12.3. The van der Waals surface area contributed by atoms with Crippen molar-refractivity contribution in [2.45, 2.75) is 25.2 Å². The molecule has 0 saturated heterocycles. The van der Waals surface area contributed by atoms with Crippen molar-refractivity contribution in [2.75, 3.05) is 18.9 Å². The number of sulfonamides is 1. The van der Waals surface area contributed by atoms with E-state index in [1.54, 1.807) is 36.4 Å². The number of rotatable bonds is 8. The Bertz CT molecular complexity index is 739. The predicted octanol–water partition coefficient (Wildman–Crippen LogP) is 2.82. The molecule has 0 saturated carbocycles. The molecule has 0 aliphatic rings. The summed E-state index contributed by atoms with van der Waals surface area (Å²) in [5.74, 6) is 1.09. The molecule has 0 spiro atoms. The lowest BCUT2D eigenvalue weighted by Crippen LogP contribution is -2.26. The van der Waals surface area contributed by atoms with Gasteiger partial charge in [-0.1, -0.05) is 26.0 Å². The van der Waals surface area contributed by atoms with Crippen LogP contribution < -0.4 is 15.2 Å². The maximum Gasteiger partial charge on any atom is 0.240 e. The fraction of sp³-hybridized carbons (Fsp3) is 0.333. The first-order chi connectivity index (χ1) is 11.4. The minimum absolute atomic E-state index is 0.233. The summed E-state index contributed by atoms with van der Waals surface area (Å²) in [7, 11) is -3.52. The molecule has 6 heteroatoms. The minimum Gasteiger partial charge on any atom is -0.493 e. The SMILES string of the molecule is CC(C)COc1ccc(S(=O)(=O)NCCc2ccc(N)cc2)cc1. The van der Waals surface area contributed by atoms with Gasteiger partial charge in [-0.2, -0.15) is 0 Å². The van der Waals surface area contributed by atoms with Crippen LogP contribution in [0.25, 0.3) is 0 Å². The Labute approximate surface area is 143 Å². The summed E-state index contributed by atoms with van der Waals surface area (Å²) in [5.41, 5.74) is 7.35. The lowest BCUT2D eigenvalue weighted by Gasteiger charge is -2.10. The van der Waals surface area contributed by atoms with Gasteiger partial charge in [-0.05, 0) is 54.3 Å². The van der Waals surface area contributed by atoms with Crippen LogP contribution in [-0.4, -0.2) is 21.6 Å². The van der Waals surface area contributed by atoms with E-state index in [-0.39, 0.29) is 4.90 Å². The van der Waals surface area contributed by atoms with Crippen LogP contribution in [-0.2, 0) is 16.4 Å². The molecule has 0 unspecified atom stereocenters. The molecular weight excluding hydrogens is 324 g/mol. The van der Waals surface area contributed by atoms with Gasteiger partial charge in [0.15, 0.2) is 0 Å². The Kier molecular flexibility index (Phi) is 6.23. The van der Waals surface area contributed by atoms with Crippen LogP contribution in [0.15, 0.2) is 53.4 Å². The van der Waals surface area contributed by atoms with Gasteiger partial charge in [0, 0.05) is 12.2 Å². The molecule has 0 fully saturated rings. The fourth-order valence-electron chi connectivity index (χ4n) is 2.08. The van der Waals surface area contributed by atoms with Gasteiger partial charge < -0.3 is 10.5 Å². The molecule has 0 aliphatic carbocycles. The number of nitrogens with one attached hydrogen (secondary N) is 1. The Morgan fingerprint density at radius 3 is 2.25 bits per heavy atom. The molecule has 0 heterocycles. The van der Waals surface area contributed by atoms with E-state index >= 15 is 0 Å². The van der Waals surface area contributed by atoms with E-state index in [0.29, 0.717) is 36.9 Å². The van der Waals surface area contributed by atoms with Gasteiger partial charge >= 0.3 is 0 Å². The van der Waals surface area contributed by atoms with Crippen LogP contribution in [0.4, 0.5) is 5.69 Å². The van der Waals surface area contributed by atoms with Crippen molar-refractivity contribution in [1.82, 2.24) is 4.72 Å². The molecular formula is C18H24N2O3S. The molecule has 3 N–H and O–H groups in total. The van der Waals surface area contributed by atoms with Gasteiger partial charge in [0.05, 0.1) is 11.5 Å². The van der Waals surface area contributed by atoms with E-state index in [1.807, 2.05) is 12.1 Å². The highest BCUT2D eigenvalue weighted by Gasteiger charge is 2.13.